The Bertz CT molecular complexity index is 273. The molecule has 0 radical (unpaired) electrons. The molecule has 0 spiro atoms. The molecular formula is C9H13FNO+. The molecule has 0 aliphatic carbocycles. The van der Waals surface area contributed by atoms with Crippen LogP contribution in [0.15, 0.2) is 18.2 Å². The summed E-state index contributed by atoms with van der Waals surface area (Å²) in [6.45, 7) is 1.91. The highest BCUT2D eigenvalue weighted by molar-refractivity contribution is 5.30. The van der Waals surface area contributed by atoms with Gasteiger partial charge in [0, 0.05) is 11.6 Å². The molecule has 3 heteroatoms. The summed E-state index contributed by atoms with van der Waals surface area (Å²) in [6, 6.07) is 4.70. The first-order chi connectivity index (χ1) is 5.63. The monoisotopic (exact) mass is 170 g/mol. The Labute approximate surface area is 71.1 Å². The fourth-order valence-corrected chi connectivity index (χ4v) is 0.987. The maximum absolute atomic E-state index is 12.9. The molecule has 0 aliphatic rings. The van der Waals surface area contributed by atoms with E-state index in [4.69, 9.17) is 4.74 Å². The maximum Gasteiger partial charge on any atom is 0.127 e. The average molecular weight is 170 g/mol. The lowest BCUT2D eigenvalue weighted by atomic mass is 10.1. The van der Waals surface area contributed by atoms with Crippen molar-refractivity contribution in [3.8, 4) is 5.75 Å². The van der Waals surface area contributed by atoms with Crippen molar-refractivity contribution >= 4 is 0 Å². The van der Waals surface area contributed by atoms with Crippen LogP contribution >= 0.6 is 0 Å². The minimum atomic E-state index is -0.278. The Balaban J connectivity index is 3.06. The highest BCUT2D eigenvalue weighted by Gasteiger charge is 2.06. The number of quaternary nitrogens is 1. The van der Waals surface area contributed by atoms with E-state index in [9.17, 15) is 4.39 Å². The lowest BCUT2D eigenvalue weighted by molar-refractivity contribution is -0.420. The van der Waals surface area contributed by atoms with Crippen molar-refractivity contribution in [3.63, 3.8) is 0 Å². The maximum atomic E-state index is 12.9. The molecule has 0 unspecified atom stereocenters. The first-order valence-electron chi connectivity index (χ1n) is 3.81. The van der Waals surface area contributed by atoms with Crippen LogP contribution in [-0.4, -0.2) is 7.11 Å². The Morgan fingerprint density at radius 2 is 2.08 bits per heavy atom. The van der Waals surface area contributed by atoms with Crippen LogP contribution in [0.3, 0.4) is 0 Å². The van der Waals surface area contributed by atoms with E-state index in [1.54, 1.807) is 6.07 Å². The van der Waals surface area contributed by atoms with Crippen molar-refractivity contribution in [2.45, 2.75) is 13.0 Å². The van der Waals surface area contributed by atoms with Crippen LogP contribution in [0.25, 0.3) is 0 Å². The van der Waals surface area contributed by atoms with Gasteiger partial charge in [-0.2, -0.15) is 0 Å². The predicted molar refractivity (Wildman–Crippen MR) is 44.3 cm³/mol. The van der Waals surface area contributed by atoms with E-state index in [0.717, 1.165) is 5.56 Å². The van der Waals surface area contributed by atoms with Crippen molar-refractivity contribution in [1.29, 1.82) is 0 Å². The van der Waals surface area contributed by atoms with Gasteiger partial charge in [-0.05, 0) is 19.1 Å². The molecule has 1 atom stereocenters. The van der Waals surface area contributed by atoms with Crippen LogP contribution in [0.5, 0.6) is 5.75 Å². The molecule has 0 bridgehead atoms. The van der Waals surface area contributed by atoms with Gasteiger partial charge in [0.15, 0.2) is 0 Å². The average Bonchev–Trinajstić information content (AvgIpc) is 2.03. The van der Waals surface area contributed by atoms with Gasteiger partial charge in [0.05, 0.1) is 7.11 Å². The van der Waals surface area contributed by atoms with Gasteiger partial charge in [-0.1, -0.05) is 0 Å². The van der Waals surface area contributed by atoms with Crippen LogP contribution in [0.4, 0.5) is 4.39 Å². The minimum absolute atomic E-state index is 0.0783. The van der Waals surface area contributed by atoms with Gasteiger partial charge in [-0.15, -0.1) is 0 Å². The summed E-state index contributed by atoms with van der Waals surface area (Å²) in [5, 5.41) is 0. The summed E-state index contributed by atoms with van der Waals surface area (Å²) < 4.78 is 17.8. The SMILES string of the molecule is COc1cc(F)cc([C@H](C)[NH3+])c1. The number of hydrogen-bond acceptors (Lipinski definition) is 1. The highest BCUT2D eigenvalue weighted by atomic mass is 19.1. The van der Waals surface area contributed by atoms with Gasteiger partial charge in [0.2, 0.25) is 0 Å². The smallest absolute Gasteiger partial charge is 0.127 e. The van der Waals surface area contributed by atoms with E-state index in [2.05, 4.69) is 5.73 Å². The lowest BCUT2D eigenvalue weighted by Gasteiger charge is -2.05. The molecule has 1 aromatic carbocycles. The molecule has 2 nitrogen and oxygen atoms in total. The zero-order chi connectivity index (χ0) is 9.14. The summed E-state index contributed by atoms with van der Waals surface area (Å²) in [6.07, 6.45) is 0. The first-order valence-corrected chi connectivity index (χ1v) is 3.81. The van der Waals surface area contributed by atoms with E-state index in [1.165, 1.54) is 19.2 Å². The summed E-state index contributed by atoms with van der Waals surface area (Å²) in [4.78, 5) is 0. The van der Waals surface area contributed by atoms with Crippen molar-refractivity contribution in [1.82, 2.24) is 0 Å². The zero-order valence-corrected chi connectivity index (χ0v) is 7.30. The van der Waals surface area contributed by atoms with Crippen LogP contribution in [0.1, 0.15) is 18.5 Å². The zero-order valence-electron chi connectivity index (χ0n) is 7.30. The van der Waals surface area contributed by atoms with Gasteiger partial charge < -0.3 is 10.5 Å². The Morgan fingerprint density at radius 3 is 2.58 bits per heavy atom. The second-order valence-corrected chi connectivity index (χ2v) is 2.83. The van der Waals surface area contributed by atoms with Gasteiger partial charge in [0.25, 0.3) is 0 Å². The van der Waals surface area contributed by atoms with Crippen LogP contribution in [-0.2, 0) is 0 Å². The normalized spacial score (nSPS) is 12.7. The van der Waals surface area contributed by atoms with Crippen LogP contribution in [0.2, 0.25) is 0 Å². The molecule has 3 N–H and O–H groups in total. The van der Waals surface area contributed by atoms with E-state index in [1.807, 2.05) is 6.92 Å². The standard InChI is InChI=1S/C9H12FNO/c1-6(11)7-3-8(10)5-9(4-7)12-2/h3-6H,11H2,1-2H3/p+1/t6-/m0/s1. The molecule has 66 valence electrons. The largest absolute Gasteiger partial charge is 0.497 e. The third-order valence-electron chi connectivity index (χ3n) is 1.70. The number of benzene rings is 1. The summed E-state index contributed by atoms with van der Waals surface area (Å²) in [5.74, 6) is 0.264. The molecule has 12 heavy (non-hydrogen) atoms. The third-order valence-corrected chi connectivity index (χ3v) is 1.70. The number of methoxy groups -OCH3 is 1. The minimum Gasteiger partial charge on any atom is -0.497 e. The summed E-state index contributed by atoms with van der Waals surface area (Å²) in [5.41, 5.74) is 4.66. The Hall–Kier alpha value is -1.09. The second kappa shape index (κ2) is 3.54. The molecule has 0 aromatic heterocycles. The molecule has 1 aromatic rings. The van der Waals surface area contributed by atoms with E-state index < -0.39 is 0 Å². The molecule has 0 amide bonds. The quantitative estimate of drug-likeness (QED) is 0.710. The third kappa shape index (κ3) is 1.95. The van der Waals surface area contributed by atoms with E-state index >= 15 is 0 Å². The Morgan fingerprint density at radius 1 is 1.42 bits per heavy atom. The molecular weight excluding hydrogens is 157 g/mol. The van der Waals surface area contributed by atoms with Gasteiger partial charge in [-0.25, -0.2) is 4.39 Å². The van der Waals surface area contributed by atoms with Gasteiger partial charge >= 0.3 is 0 Å². The molecule has 0 saturated heterocycles. The van der Waals surface area contributed by atoms with Crippen molar-refractivity contribution in [2.75, 3.05) is 7.11 Å². The number of rotatable bonds is 2. The van der Waals surface area contributed by atoms with Crippen molar-refractivity contribution in [3.05, 3.63) is 29.6 Å². The lowest BCUT2D eigenvalue weighted by Crippen LogP contribution is -2.51. The molecule has 0 fully saturated rings. The van der Waals surface area contributed by atoms with Gasteiger partial charge in [0.1, 0.15) is 17.6 Å². The first kappa shape index (κ1) is 9.00. The van der Waals surface area contributed by atoms with Crippen LogP contribution in [0, 0.1) is 5.82 Å². The van der Waals surface area contributed by atoms with Crippen LogP contribution < -0.4 is 10.5 Å². The van der Waals surface area contributed by atoms with Crippen molar-refractivity contribution in [2.24, 2.45) is 0 Å². The highest BCUT2D eigenvalue weighted by Crippen LogP contribution is 2.18. The number of ether oxygens (including phenoxy) is 1. The van der Waals surface area contributed by atoms with E-state index in [-0.39, 0.29) is 11.9 Å². The van der Waals surface area contributed by atoms with Crippen molar-refractivity contribution < 1.29 is 14.9 Å². The molecule has 0 aliphatic heterocycles. The summed E-state index contributed by atoms with van der Waals surface area (Å²) >= 11 is 0. The topological polar surface area (TPSA) is 36.9 Å². The fourth-order valence-electron chi connectivity index (χ4n) is 0.987. The summed E-state index contributed by atoms with van der Waals surface area (Å²) in [7, 11) is 1.52. The predicted octanol–water partition coefficient (Wildman–Crippen LogP) is 1.14. The number of hydrogen-bond donors (Lipinski definition) is 1. The molecule has 0 heterocycles. The van der Waals surface area contributed by atoms with E-state index in [0.29, 0.717) is 5.75 Å². The number of halogens is 1. The Kier molecular flexibility index (Phi) is 2.65. The molecule has 1 rings (SSSR count). The fraction of sp³-hybridized carbons (Fsp3) is 0.333. The molecule has 0 saturated carbocycles. The second-order valence-electron chi connectivity index (χ2n) is 2.83. The van der Waals surface area contributed by atoms with Gasteiger partial charge in [-0.3, -0.25) is 0 Å².